The van der Waals surface area contributed by atoms with E-state index in [9.17, 15) is 0 Å². The minimum atomic E-state index is 0.429. The highest BCUT2D eigenvalue weighted by Crippen LogP contribution is 2.26. The zero-order valence-corrected chi connectivity index (χ0v) is 12.7. The minimum Gasteiger partial charge on any atom is -0.312 e. The number of aryl methyl sites for hydroxylation is 2. The van der Waals surface area contributed by atoms with Crippen LogP contribution < -0.4 is 5.32 Å². The third kappa shape index (κ3) is 4.13. The van der Waals surface area contributed by atoms with Crippen LogP contribution in [-0.4, -0.2) is 16.8 Å². The maximum Gasteiger partial charge on any atom is 0.0597 e. The first-order valence-corrected chi connectivity index (χ1v) is 7.30. The molecule has 1 aromatic heterocycles. The maximum absolute atomic E-state index is 4.45. The van der Waals surface area contributed by atoms with Crippen molar-refractivity contribution in [1.82, 2.24) is 15.1 Å². The van der Waals surface area contributed by atoms with Gasteiger partial charge in [-0.3, -0.25) is 4.68 Å². The van der Waals surface area contributed by atoms with Crippen LogP contribution in [-0.2, 0) is 7.05 Å². The lowest BCUT2D eigenvalue weighted by Gasteiger charge is -2.22. The Bertz CT molecular complexity index is 344. The molecule has 0 saturated carbocycles. The zero-order chi connectivity index (χ0) is 13.5. The third-order valence-corrected chi connectivity index (χ3v) is 3.86. The lowest BCUT2D eigenvalue weighted by Crippen LogP contribution is -2.22. The summed E-state index contributed by atoms with van der Waals surface area (Å²) in [5, 5.41) is 7.90. The molecule has 0 bridgehead atoms. The van der Waals surface area contributed by atoms with Gasteiger partial charge in [0.15, 0.2) is 0 Å². The fourth-order valence-corrected chi connectivity index (χ4v) is 2.66. The van der Waals surface area contributed by atoms with E-state index in [1.54, 1.807) is 0 Å². The Balaban J connectivity index is 2.68. The molecule has 3 heteroatoms. The summed E-state index contributed by atoms with van der Waals surface area (Å²) < 4.78 is 2.02. The van der Waals surface area contributed by atoms with E-state index in [-0.39, 0.29) is 0 Å². The predicted molar refractivity (Wildman–Crippen MR) is 77.7 cm³/mol. The zero-order valence-electron chi connectivity index (χ0n) is 12.7. The Kier molecular flexibility index (Phi) is 6.41. The number of hydrogen-bond donors (Lipinski definition) is 1. The second-order valence-corrected chi connectivity index (χ2v) is 5.33. The molecule has 0 saturated heterocycles. The van der Waals surface area contributed by atoms with Gasteiger partial charge in [0.1, 0.15) is 0 Å². The van der Waals surface area contributed by atoms with E-state index >= 15 is 0 Å². The first-order valence-electron chi connectivity index (χ1n) is 7.30. The molecule has 104 valence electrons. The summed E-state index contributed by atoms with van der Waals surface area (Å²) in [6.45, 7) is 6.64. The Labute approximate surface area is 112 Å². The SMILES string of the molecule is CCCCC(CC)CC(NC)c1cc(C)nn1C. The molecule has 1 aromatic rings. The number of hydrogen-bond acceptors (Lipinski definition) is 2. The van der Waals surface area contributed by atoms with Crippen molar-refractivity contribution in [3.8, 4) is 0 Å². The topological polar surface area (TPSA) is 29.9 Å². The normalized spacial score (nSPS) is 14.7. The molecule has 0 aliphatic heterocycles. The fraction of sp³-hybridized carbons (Fsp3) is 0.800. The van der Waals surface area contributed by atoms with E-state index < -0.39 is 0 Å². The number of nitrogens with one attached hydrogen (secondary N) is 1. The van der Waals surface area contributed by atoms with Crippen LogP contribution in [0.2, 0.25) is 0 Å². The van der Waals surface area contributed by atoms with Crippen molar-refractivity contribution in [1.29, 1.82) is 0 Å². The van der Waals surface area contributed by atoms with Crippen molar-refractivity contribution in [3.05, 3.63) is 17.5 Å². The van der Waals surface area contributed by atoms with Gasteiger partial charge in [0.25, 0.3) is 0 Å². The largest absolute Gasteiger partial charge is 0.312 e. The van der Waals surface area contributed by atoms with E-state index in [0.29, 0.717) is 6.04 Å². The first-order chi connectivity index (χ1) is 8.62. The van der Waals surface area contributed by atoms with Crippen molar-refractivity contribution in [3.63, 3.8) is 0 Å². The molecule has 18 heavy (non-hydrogen) atoms. The van der Waals surface area contributed by atoms with Crippen LogP contribution >= 0.6 is 0 Å². The van der Waals surface area contributed by atoms with Gasteiger partial charge in [0.2, 0.25) is 0 Å². The summed E-state index contributed by atoms with van der Waals surface area (Å²) in [6, 6.07) is 2.63. The van der Waals surface area contributed by atoms with Gasteiger partial charge < -0.3 is 5.32 Å². The average molecular weight is 251 g/mol. The van der Waals surface area contributed by atoms with Crippen LogP contribution in [0.1, 0.15) is 63.4 Å². The van der Waals surface area contributed by atoms with Crippen LogP contribution in [0, 0.1) is 12.8 Å². The summed E-state index contributed by atoms with van der Waals surface area (Å²) in [5.74, 6) is 0.817. The lowest BCUT2D eigenvalue weighted by molar-refractivity contribution is 0.355. The maximum atomic E-state index is 4.45. The molecule has 1 rings (SSSR count). The molecule has 0 amide bonds. The second-order valence-electron chi connectivity index (χ2n) is 5.33. The molecule has 3 nitrogen and oxygen atoms in total. The Morgan fingerprint density at radius 2 is 2.11 bits per heavy atom. The monoisotopic (exact) mass is 251 g/mol. The number of rotatable bonds is 8. The number of nitrogens with zero attached hydrogens (tertiary/aromatic N) is 2. The quantitative estimate of drug-likeness (QED) is 0.765. The highest BCUT2D eigenvalue weighted by molar-refractivity contribution is 5.13. The van der Waals surface area contributed by atoms with Gasteiger partial charge in [-0.05, 0) is 32.4 Å². The van der Waals surface area contributed by atoms with Crippen molar-refractivity contribution in [2.75, 3.05) is 7.05 Å². The summed E-state index contributed by atoms with van der Waals surface area (Å²) in [4.78, 5) is 0. The third-order valence-electron chi connectivity index (χ3n) is 3.86. The van der Waals surface area contributed by atoms with Gasteiger partial charge in [0, 0.05) is 13.1 Å². The second kappa shape index (κ2) is 7.57. The van der Waals surface area contributed by atoms with Crippen LogP contribution in [0.5, 0.6) is 0 Å². The molecule has 2 atom stereocenters. The van der Waals surface area contributed by atoms with Crippen LogP contribution in [0.15, 0.2) is 6.07 Å². The standard InChI is InChI=1S/C15H29N3/c1-6-8-9-13(7-2)11-14(16-4)15-10-12(3)17-18(15)5/h10,13-14,16H,6-9,11H2,1-5H3. The first kappa shape index (κ1) is 15.2. The highest BCUT2D eigenvalue weighted by Gasteiger charge is 2.18. The van der Waals surface area contributed by atoms with Crippen molar-refractivity contribution < 1.29 is 0 Å². The molecule has 2 unspecified atom stereocenters. The Hall–Kier alpha value is -0.830. The molecule has 1 heterocycles. The smallest absolute Gasteiger partial charge is 0.0597 e. The van der Waals surface area contributed by atoms with Gasteiger partial charge in [0.05, 0.1) is 11.4 Å². The highest BCUT2D eigenvalue weighted by atomic mass is 15.3. The molecule has 0 aliphatic carbocycles. The molecular formula is C15H29N3. The van der Waals surface area contributed by atoms with Gasteiger partial charge in [-0.1, -0.05) is 39.5 Å². The van der Waals surface area contributed by atoms with Crippen molar-refractivity contribution >= 4 is 0 Å². The average Bonchev–Trinajstić information content (AvgIpc) is 2.69. The lowest BCUT2D eigenvalue weighted by atomic mass is 9.91. The molecular weight excluding hydrogens is 222 g/mol. The van der Waals surface area contributed by atoms with E-state index in [1.807, 2.05) is 11.7 Å². The summed E-state index contributed by atoms with van der Waals surface area (Å²) in [5.41, 5.74) is 2.42. The Morgan fingerprint density at radius 3 is 2.56 bits per heavy atom. The number of aromatic nitrogens is 2. The van der Waals surface area contributed by atoms with E-state index in [1.165, 1.54) is 37.8 Å². The molecule has 0 aliphatic rings. The summed E-state index contributed by atoms with van der Waals surface area (Å²) in [7, 11) is 4.10. The predicted octanol–water partition coefficient (Wildman–Crippen LogP) is 3.60. The van der Waals surface area contributed by atoms with Crippen LogP contribution in [0.3, 0.4) is 0 Å². The van der Waals surface area contributed by atoms with E-state index in [4.69, 9.17) is 0 Å². The molecule has 1 N–H and O–H groups in total. The van der Waals surface area contributed by atoms with Gasteiger partial charge in [-0.15, -0.1) is 0 Å². The fourth-order valence-electron chi connectivity index (χ4n) is 2.66. The van der Waals surface area contributed by atoms with Crippen molar-refractivity contribution in [2.24, 2.45) is 13.0 Å². The van der Waals surface area contributed by atoms with Gasteiger partial charge in [-0.25, -0.2) is 0 Å². The van der Waals surface area contributed by atoms with Crippen molar-refractivity contribution in [2.45, 2.75) is 58.9 Å². The molecule has 0 aromatic carbocycles. The summed E-state index contributed by atoms with van der Waals surface area (Å²) >= 11 is 0. The van der Waals surface area contributed by atoms with Gasteiger partial charge in [-0.2, -0.15) is 5.10 Å². The van der Waals surface area contributed by atoms with Crippen LogP contribution in [0.4, 0.5) is 0 Å². The van der Waals surface area contributed by atoms with Gasteiger partial charge >= 0.3 is 0 Å². The van der Waals surface area contributed by atoms with E-state index in [2.05, 4.69) is 44.3 Å². The molecule has 0 fully saturated rings. The minimum absolute atomic E-state index is 0.429. The number of unbranched alkanes of at least 4 members (excludes halogenated alkanes) is 1. The molecule has 0 spiro atoms. The summed E-state index contributed by atoms with van der Waals surface area (Å²) in [6.07, 6.45) is 6.48. The Morgan fingerprint density at radius 1 is 1.39 bits per heavy atom. The van der Waals surface area contributed by atoms with Crippen LogP contribution in [0.25, 0.3) is 0 Å². The molecule has 0 radical (unpaired) electrons. The van der Waals surface area contributed by atoms with E-state index in [0.717, 1.165) is 11.6 Å².